The number of pyridine rings is 1. The molecule has 0 aliphatic carbocycles. The van der Waals surface area contributed by atoms with E-state index in [0.717, 1.165) is 33.5 Å². The van der Waals surface area contributed by atoms with Crippen LogP contribution in [-0.4, -0.2) is 15.0 Å². The summed E-state index contributed by atoms with van der Waals surface area (Å²) in [6.07, 6.45) is 0. The second kappa shape index (κ2) is 4.59. The number of fused-ring (bicyclic) bond motifs is 1. The molecule has 2 aromatic heterocycles. The fraction of sp³-hybridized carbons (Fsp3) is 0.133. The van der Waals surface area contributed by atoms with E-state index in [9.17, 15) is 0 Å². The highest BCUT2D eigenvalue weighted by molar-refractivity contribution is 6.28. The largest absolute Gasteiger partial charge is 0.253 e. The van der Waals surface area contributed by atoms with Gasteiger partial charge in [-0.05, 0) is 49.7 Å². The first-order valence-electron chi connectivity index (χ1n) is 6.01. The maximum Gasteiger partial charge on any atom is 0.223 e. The van der Waals surface area contributed by atoms with Gasteiger partial charge in [-0.25, -0.2) is 9.97 Å². The van der Waals surface area contributed by atoms with Crippen molar-refractivity contribution in [2.45, 2.75) is 13.8 Å². The molecule has 3 nitrogen and oxygen atoms in total. The molecule has 2 heterocycles. The summed E-state index contributed by atoms with van der Waals surface area (Å²) in [7, 11) is 0. The molecule has 0 aliphatic rings. The molecule has 0 saturated carbocycles. The summed E-state index contributed by atoms with van der Waals surface area (Å²) >= 11 is 5.90. The van der Waals surface area contributed by atoms with E-state index in [0.29, 0.717) is 0 Å². The van der Waals surface area contributed by atoms with E-state index >= 15 is 0 Å². The van der Waals surface area contributed by atoms with E-state index in [1.165, 1.54) is 0 Å². The molecule has 94 valence electrons. The van der Waals surface area contributed by atoms with Crippen molar-refractivity contribution < 1.29 is 0 Å². The second-order valence-electron chi connectivity index (χ2n) is 4.52. The van der Waals surface area contributed by atoms with E-state index in [1.807, 2.05) is 38.1 Å². The van der Waals surface area contributed by atoms with Gasteiger partial charge in [0.15, 0.2) is 0 Å². The van der Waals surface area contributed by atoms with Crippen molar-refractivity contribution in [3.05, 3.63) is 53.1 Å². The van der Waals surface area contributed by atoms with Crippen molar-refractivity contribution >= 4 is 22.5 Å². The molecule has 0 radical (unpaired) electrons. The zero-order valence-corrected chi connectivity index (χ0v) is 11.4. The molecule has 1 aromatic carbocycles. The monoisotopic (exact) mass is 269 g/mol. The molecule has 0 spiro atoms. The molecule has 4 heteroatoms. The number of aromatic nitrogens is 3. The van der Waals surface area contributed by atoms with Crippen LogP contribution < -0.4 is 0 Å². The first kappa shape index (κ1) is 12.1. The number of halogens is 1. The molecule has 0 bridgehead atoms. The van der Waals surface area contributed by atoms with Crippen LogP contribution >= 0.6 is 11.6 Å². The van der Waals surface area contributed by atoms with Crippen LogP contribution in [0.25, 0.3) is 22.2 Å². The molecule has 0 atom stereocenters. The summed E-state index contributed by atoms with van der Waals surface area (Å²) in [4.78, 5) is 12.8. The highest BCUT2D eigenvalue weighted by atomic mass is 35.5. The lowest BCUT2D eigenvalue weighted by atomic mass is 10.1. The van der Waals surface area contributed by atoms with Crippen molar-refractivity contribution in [3.8, 4) is 11.3 Å². The van der Waals surface area contributed by atoms with Crippen LogP contribution in [0.15, 0.2) is 36.4 Å². The quantitative estimate of drug-likeness (QED) is 0.628. The van der Waals surface area contributed by atoms with Gasteiger partial charge in [-0.2, -0.15) is 0 Å². The number of benzene rings is 1. The van der Waals surface area contributed by atoms with E-state index in [2.05, 4.69) is 27.1 Å². The van der Waals surface area contributed by atoms with Gasteiger partial charge in [-0.1, -0.05) is 12.1 Å². The van der Waals surface area contributed by atoms with E-state index in [1.54, 1.807) is 0 Å². The lowest BCUT2D eigenvalue weighted by Crippen LogP contribution is -1.91. The van der Waals surface area contributed by atoms with Gasteiger partial charge in [0.25, 0.3) is 0 Å². The highest BCUT2D eigenvalue weighted by Gasteiger charge is 2.05. The van der Waals surface area contributed by atoms with Gasteiger partial charge in [0.05, 0.1) is 11.2 Å². The van der Waals surface area contributed by atoms with Crippen molar-refractivity contribution in [1.29, 1.82) is 0 Å². The van der Waals surface area contributed by atoms with Gasteiger partial charge in [0.1, 0.15) is 0 Å². The highest BCUT2D eigenvalue weighted by Crippen LogP contribution is 2.23. The van der Waals surface area contributed by atoms with Crippen LogP contribution in [0.2, 0.25) is 5.28 Å². The van der Waals surface area contributed by atoms with Crippen LogP contribution in [0.3, 0.4) is 0 Å². The van der Waals surface area contributed by atoms with Gasteiger partial charge < -0.3 is 0 Å². The van der Waals surface area contributed by atoms with Gasteiger partial charge >= 0.3 is 0 Å². The fourth-order valence-electron chi connectivity index (χ4n) is 2.07. The third-order valence-corrected chi connectivity index (χ3v) is 3.12. The predicted octanol–water partition coefficient (Wildman–Crippen LogP) is 3.96. The van der Waals surface area contributed by atoms with Crippen LogP contribution in [0.1, 0.15) is 11.4 Å². The van der Waals surface area contributed by atoms with Crippen LogP contribution in [0.5, 0.6) is 0 Å². The van der Waals surface area contributed by atoms with Crippen LogP contribution in [0, 0.1) is 13.8 Å². The molecule has 0 aliphatic heterocycles. The van der Waals surface area contributed by atoms with Crippen molar-refractivity contribution in [3.63, 3.8) is 0 Å². The van der Waals surface area contributed by atoms with Gasteiger partial charge in [-0.3, -0.25) is 4.98 Å². The minimum atomic E-state index is 0.275. The Morgan fingerprint density at radius 2 is 1.68 bits per heavy atom. The van der Waals surface area contributed by atoms with E-state index in [-0.39, 0.29) is 5.28 Å². The summed E-state index contributed by atoms with van der Waals surface area (Å²) in [5.74, 6) is 0. The Morgan fingerprint density at radius 1 is 0.842 bits per heavy atom. The maximum atomic E-state index is 5.90. The molecule has 0 fully saturated rings. The summed E-state index contributed by atoms with van der Waals surface area (Å²) < 4.78 is 0. The third-order valence-electron chi connectivity index (χ3n) is 2.95. The maximum absolute atomic E-state index is 5.90. The van der Waals surface area contributed by atoms with Crippen LogP contribution in [0.4, 0.5) is 0 Å². The average molecular weight is 270 g/mol. The molecule has 3 rings (SSSR count). The average Bonchev–Trinajstić information content (AvgIpc) is 2.37. The lowest BCUT2D eigenvalue weighted by molar-refractivity contribution is 1.11. The van der Waals surface area contributed by atoms with Gasteiger partial charge in [0.2, 0.25) is 5.28 Å². The minimum Gasteiger partial charge on any atom is -0.253 e. The zero-order valence-electron chi connectivity index (χ0n) is 10.7. The van der Waals surface area contributed by atoms with Crippen LogP contribution in [-0.2, 0) is 0 Å². The molecular weight excluding hydrogens is 258 g/mol. The Hall–Kier alpha value is -2.00. The molecule has 3 aromatic rings. The topological polar surface area (TPSA) is 38.7 Å². The SMILES string of the molecule is Cc1cc(-c2ccc3nc(C)ccc3c2)nc(Cl)n1. The minimum absolute atomic E-state index is 0.275. The summed E-state index contributed by atoms with van der Waals surface area (Å²) in [5, 5.41) is 1.37. The number of hydrogen-bond donors (Lipinski definition) is 0. The molecule has 19 heavy (non-hydrogen) atoms. The standard InChI is InChI=1S/C15H12ClN3/c1-9-3-4-11-8-12(5-6-13(11)17-9)14-7-10(2)18-15(16)19-14/h3-8H,1-2H3. The molecule has 0 N–H and O–H groups in total. The number of rotatable bonds is 1. The van der Waals surface area contributed by atoms with Gasteiger partial charge in [-0.15, -0.1) is 0 Å². The Morgan fingerprint density at radius 3 is 2.47 bits per heavy atom. The van der Waals surface area contributed by atoms with E-state index < -0.39 is 0 Å². The summed E-state index contributed by atoms with van der Waals surface area (Å²) in [5.41, 5.74) is 4.71. The number of nitrogens with zero attached hydrogens (tertiary/aromatic N) is 3. The number of hydrogen-bond acceptors (Lipinski definition) is 3. The summed E-state index contributed by atoms with van der Waals surface area (Å²) in [6.45, 7) is 3.89. The first-order valence-corrected chi connectivity index (χ1v) is 6.38. The smallest absolute Gasteiger partial charge is 0.223 e. The van der Waals surface area contributed by atoms with Gasteiger partial charge in [0, 0.05) is 22.3 Å². The number of aryl methyl sites for hydroxylation is 2. The Bertz CT molecular complexity index is 748. The zero-order chi connectivity index (χ0) is 13.4. The normalized spacial score (nSPS) is 10.9. The Balaban J connectivity index is 2.17. The molecular formula is C15H12ClN3. The molecule has 0 amide bonds. The third kappa shape index (κ3) is 2.42. The first-order chi connectivity index (χ1) is 9.11. The van der Waals surface area contributed by atoms with Crippen molar-refractivity contribution in [2.24, 2.45) is 0 Å². The molecule has 0 saturated heterocycles. The second-order valence-corrected chi connectivity index (χ2v) is 4.86. The lowest BCUT2D eigenvalue weighted by Gasteiger charge is -2.05. The Kier molecular flexibility index (Phi) is 2.91. The molecule has 0 unspecified atom stereocenters. The Labute approximate surface area is 116 Å². The predicted molar refractivity (Wildman–Crippen MR) is 77.3 cm³/mol. The van der Waals surface area contributed by atoms with Crippen molar-refractivity contribution in [1.82, 2.24) is 15.0 Å². The fourth-order valence-corrected chi connectivity index (χ4v) is 2.29. The summed E-state index contributed by atoms with van der Waals surface area (Å²) in [6, 6.07) is 12.1. The van der Waals surface area contributed by atoms with E-state index in [4.69, 9.17) is 11.6 Å². The van der Waals surface area contributed by atoms with Crippen molar-refractivity contribution in [2.75, 3.05) is 0 Å².